The Morgan fingerprint density at radius 1 is 0.963 bits per heavy atom. The lowest BCUT2D eigenvalue weighted by molar-refractivity contribution is -0.132. The van der Waals surface area contributed by atoms with Gasteiger partial charge < -0.3 is 29.8 Å². The molecule has 1 aliphatic heterocycles. The number of hydrogen-bond donors (Lipinski definition) is 3. The number of Topliss-reactive ketones (excluding diaryl/α,β-unsaturated/α-hetero) is 1. The number of anilines is 1. The molecule has 4 amide bonds. The lowest BCUT2D eigenvalue weighted by atomic mass is 9.99. The van der Waals surface area contributed by atoms with E-state index >= 15 is 0 Å². The first-order valence-corrected chi connectivity index (χ1v) is 17.8. The number of rotatable bonds is 11. The van der Waals surface area contributed by atoms with Crippen LogP contribution in [0, 0.1) is 5.82 Å². The van der Waals surface area contributed by atoms with Crippen LogP contribution in [0.2, 0.25) is 10.0 Å². The number of carbonyl (C=O) groups excluding carboxylic acids is 5. The van der Waals surface area contributed by atoms with Gasteiger partial charge >= 0.3 is 11.6 Å². The number of alkyl halides is 3. The van der Waals surface area contributed by atoms with E-state index in [1.165, 1.54) is 24.3 Å². The maximum absolute atomic E-state index is 13.4. The summed E-state index contributed by atoms with van der Waals surface area (Å²) in [4.78, 5) is 58.0. The van der Waals surface area contributed by atoms with E-state index in [0.717, 1.165) is 11.1 Å². The Kier molecular flexibility index (Phi) is 18.6. The molecule has 0 spiro atoms. The number of alkyl carbamates (subject to hydrolysis) is 1. The highest BCUT2D eigenvalue weighted by molar-refractivity contribution is 7.95. The van der Waals surface area contributed by atoms with Gasteiger partial charge in [0, 0.05) is 38.0 Å². The summed E-state index contributed by atoms with van der Waals surface area (Å²) in [6.07, 6.45) is 0.848. The van der Waals surface area contributed by atoms with Gasteiger partial charge in [-0.1, -0.05) is 59.6 Å². The van der Waals surface area contributed by atoms with Gasteiger partial charge in [0.15, 0.2) is 23.6 Å². The highest BCUT2D eigenvalue weighted by Crippen LogP contribution is 2.34. The quantitative estimate of drug-likeness (QED) is 0.0579. The summed E-state index contributed by atoms with van der Waals surface area (Å²) in [6, 6.07) is 16.2. The first-order valence-electron chi connectivity index (χ1n) is 16.3. The Bertz CT molecular complexity index is 1750. The summed E-state index contributed by atoms with van der Waals surface area (Å²) in [7, 11) is 0. The molecule has 0 saturated heterocycles. The highest BCUT2D eigenvalue weighted by Gasteiger charge is 2.32. The van der Waals surface area contributed by atoms with E-state index in [-0.39, 0.29) is 64.3 Å². The fourth-order valence-electron chi connectivity index (χ4n) is 4.45. The van der Waals surface area contributed by atoms with E-state index in [9.17, 15) is 41.5 Å². The van der Waals surface area contributed by atoms with E-state index in [1.54, 1.807) is 35.2 Å². The number of amides is 4. The first kappa shape index (κ1) is 45.6. The third-order valence-corrected chi connectivity index (χ3v) is 8.06. The van der Waals surface area contributed by atoms with Gasteiger partial charge in [-0.3, -0.25) is 19.2 Å². The van der Waals surface area contributed by atoms with Gasteiger partial charge in [0.2, 0.25) is 18.2 Å². The lowest BCUT2D eigenvalue weighted by Gasteiger charge is -2.29. The molecule has 11 nitrogen and oxygen atoms in total. The molecule has 3 N–H and O–H groups in total. The summed E-state index contributed by atoms with van der Waals surface area (Å²) in [5, 5.41) is 6.71. The predicted molar refractivity (Wildman–Crippen MR) is 199 cm³/mol. The number of benzene rings is 3. The highest BCUT2D eigenvalue weighted by atomic mass is 35.5. The normalized spacial score (nSPS) is 12.0. The molecule has 0 aliphatic carbocycles. The van der Waals surface area contributed by atoms with Crippen LogP contribution < -0.4 is 20.1 Å². The minimum Gasteiger partial charge on any atom is -0.444 e. The molecule has 4 rings (SSSR count). The third kappa shape index (κ3) is 17.1. The zero-order chi connectivity index (χ0) is 40.5. The van der Waals surface area contributed by atoms with Crippen LogP contribution in [-0.2, 0) is 32.1 Å². The number of halogens is 6. The van der Waals surface area contributed by atoms with Gasteiger partial charge in [0.1, 0.15) is 11.4 Å². The molecule has 0 fully saturated rings. The average molecular weight is 820 g/mol. The molecule has 54 heavy (non-hydrogen) atoms. The van der Waals surface area contributed by atoms with Crippen molar-refractivity contribution in [2.75, 3.05) is 25.0 Å². The van der Waals surface area contributed by atoms with Crippen LogP contribution in [0.4, 0.5) is 28.0 Å². The van der Waals surface area contributed by atoms with Crippen LogP contribution in [-0.4, -0.2) is 65.7 Å². The zero-order valence-corrected chi connectivity index (χ0v) is 32.1. The second-order valence-corrected chi connectivity index (χ2v) is 13.8. The SMILES string of the molecule is CCNC(=O)OC(C)(C)C.O=C(CCC(=O)N1CCc2ccc(OSC(F)(F)F)cc2C1)c1ccccc1.O=CNCC(=O)Nc1ccc(Cl)c(Cl)c1F. The number of nitrogens with one attached hydrogen (secondary N) is 3. The van der Waals surface area contributed by atoms with Crippen LogP contribution in [0.3, 0.4) is 0 Å². The summed E-state index contributed by atoms with van der Waals surface area (Å²) in [5.74, 6) is -1.52. The summed E-state index contributed by atoms with van der Waals surface area (Å²) >= 11 is 10.5. The number of ether oxygens (including phenoxy) is 1. The molecular weight excluding hydrogens is 779 g/mol. The molecule has 3 aromatic carbocycles. The van der Waals surface area contributed by atoms with Crippen molar-refractivity contribution >= 4 is 71.0 Å². The topological polar surface area (TPSA) is 143 Å². The van der Waals surface area contributed by atoms with E-state index in [4.69, 9.17) is 32.1 Å². The number of ketones is 1. The van der Waals surface area contributed by atoms with Gasteiger partial charge in [-0.25, -0.2) is 9.18 Å². The van der Waals surface area contributed by atoms with E-state index in [1.807, 2.05) is 33.8 Å². The van der Waals surface area contributed by atoms with Gasteiger partial charge in [-0.05, 0) is 69.5 Å². The Labute approximate surface area is 324 Å². The Morgan fingerprint density at radius 2 is 1.65 bits per heavy atom. The first-order chi connectivity index (χ1) is 25.3. The molecule has 18 heteroatoms. The van der Waals surface area contributed by atoms with E-state index < -0.39 is 29.3 Å². The number of carbonyl (C=O) groups is 5. The second kappa shape index (κ2) is 22.0. The van der Waals surface area contributed by atoms with Crippen molar-refractivity contribution < 1.29 is 50.5 Å². The minimum absolute atomic E-state index is 0.0585. The molecule has 1 heterocycles. The zero-order valence-electron chi connectivity index (χ0n) is 29.8. The third-order valence-electron chi connectivity index (χ3n) is 6.81. The number of hydrogen-bond acceptors (Lipinski definition) is 8. The van der Waals surface area contributed by atoms with Gasteiger partial charge in [-0.2, -0.15) is 13.2 Å². The number of nitrogens with zero attached hydrogens (tertiary/aromatic N) is 1. The van der Waals surface area contributed by atoms with Crippen LogP contribution in [0.1, 0.15) is 62.0 Å². The van der Waals surface area contributed by atoms with Crippen LogP contribution in [0.5, 0.6) is 5.75 Å². The van der Waals surface area contributed by atoms with Crippen molar-refractivity contribution in [1.82, 2.24) is 15.5 Å². The molecular formula is C36H40Cl2F4N4O7S. The van der Waals surface area contributed by atoms with E-state index in [2.05, 4.69) is 16.0 Å². The average Bonchev–Trinajstić information content (AvgIpc) is 3.11. The summed E-state index contributed by atoms with van der Waals surface area (Å²) in [5.41, 5.74) is -2.65. The molecule has 0 aromatic heterocycles. The van der Waals surface area contributed by atoms with Crippen molar-refractivity contribution in [2.24, 2.45) is 0 Å². The van der Waals surface area contributed by atoms with Crippen LogP contribution in [0.25, 0.3) is 0 Å². The van der Waals surface area contributed by atoms with Gasteiger partial charge in [0.25, 0.3) is 0 Å². The fourth-order valence-corrected chi connectivity index (χ4v) is 5.06. The molecule has 1 aliphatic rings. The molecule has 0 atom stereocenters. The van der Waals surface area contributed by atoms with Crippen molar-refractivity contribution in [3.63, 3.8) is 0 Å². The molecule has 3 aromatic rings. The molecule has 0 bridgehead atoms. The fraction of sp³-hybridized carbons (Fsp3) is 0.361. The Hall–Kier alpha value is -4.54. The molecule has 0 unspecified atom stereocenters. The summed E-state index contributed by atoms with van der Waals surface area (Å²) < 4.78 is 59.9. The van der Waals surface area contributed by atoms with Crippen molar-refractivity contribution in [3.8, 4) is 5.75 Å². The summed E-state index contributed by atoms with van der Waals surface area (Å²) in [6.45, 7) is 8.53. The van der Waals surface area contributed by atoms with Crippen LogP contribution >= 0.6 is 35.2 Å². The second-order valence-electron chi connectivity index (χ2n) is 12.2. The van der Waals surface area contributed by atoms with Gasteiger partial charge in [-0.15, -0.1) is 0 Å². The minimum atomic E-state index is -4.48. The largest absolute Gasteiger partial charge is 0.479 e. The maximum atomic E-state index is 13.4. The monoisotopic (exact) mass is 818 g/mol. The lowest BCUT2D eigenvalue weighted by Crippen LogP contribution is -2.36. The smallest absolute Gasteiger partial charge is 0.444 e. The van der Waals surface area contributed by atoms with Crippen molar-refractivity contribution in [2.45, 2.75) is 64.6 Å². The Morgan fingerprint density at radius 3 is 2.26 bits per heavy atom. The predicted octanol–water partition coefficient (Wildman–Crippen LogP) is 8.13. The van der Waals surface area contributed by atoms with Crippen molar-refractivity contribution in [1.29, 1.82) is 0 Å². The van der Waals surface area contributed by atoms with Gasteiger partial charge in [0.05, 0.1) is 22.3 Å². The molecule has 294 valence electrons. The van der Waals surface area contributed by atoms with Crippen molar-refractivity contribution in [3.05, 3.63) is 93.2 Å². The maximum Gasteiger partial charge on any atom is 0.479 e. The van der Waals surface area contributed by atoms with Crippen LogP contribution in [0.15, 0.2) is 60.7 Å². The molecule has 0 saturated carbocycles. The standard InChI is InChI=1S/C20H18F3NO3S.C9H7Cl2FN2O2.C7H15NO2/c21-20(22,23)28-27-17-7-6-14-10-11-24(13-16(14)12-17)19(26)9-8-18(25)15-4-2-1-3-5-15;10-5-1-2-6(9(12)8(5)11)14-7(16)3-13-4-15;1-5-8-6(9)10-7(2,3)4/h1-7,12H,8-11,13H2;1-2,4H,3H2,(H,13,15)(H,14,16);5H2,1-4H3,(H,8,9). The Balaban J connectivity index is 0.000000326. The molecule has 0 radical (unpaired) electrons. The number of fused-ring (bicyclic) bond motifs is 1. The van der Waals surface area contributed by atoms with E-state index in [0.29, 0.717) is 38.0 Å².